The van der Waals surface area contributed by atoms with Crippen molar-refractivity contribution >= 4 is 0 Å². The van der Waals surface area contributed by atoms with Crippen LogP contribution in [0.5, 0.6) is 0 Å². The Labute approximate surface area is 117 Å². The molecule has 106 valence electrons. The summed E-state index contributed by atoms with van der Waals surface area (Å²) in [5, 5.41) is 0. The first-order chi connectivity index (χ1) is 9.54. The predicted octanol–water partition coefficient (Wildman–Crippen LogP) is 3.64. The van der Waals surface area contributed by atoms with Gasteiger partial charge in [-0.3, -0.25) is 5.84 Å². The Morgan fingerprint density at radius 1 is 0.900 bits per heavy atom. The maximum Gasteiger partial charge on any atom is 0.131 e. The fraction of sp³-hybridized carbons (Fsp3) is 0.250. The SMILES string of the molecule is CC(C)c1ccc(C(NN)c2c(F)cccc2F)cc1. The third-order valence-electron chi connectivity index (χ3n) is 3.39. The van der Waals surface area contributed by atoms with Gasteiger partial charge in [-0.2, -0.15) is 0 Å². The Bertz CT molecular complexity index is 559. The minimum absolute atomic E-state index is 0.0627. The van der Waals surface area contributed by atoms with Crippen LogP contribution in [0.25, 0.3) is 0 Å². The van der Waals surface area contributed by atoms with Crippen molar-refractivity contribution in [2.75, 3.05) is 0 Å². The highest BCUT2D eigenvalue weighted by atomic mass is 19.1. The summed E-state index contributed by atoms with van der Waals surface area (Å²) in [6.45, 7) is 4.18. The normalized spacial score (nSPS) is 12.7. The summed E-state index contributed by atoms with van der Waals surface area (Å²) < 4.78 is 27.7. The van der Waals surface area contributed by atoms with Gasteiger partial charge in [0.2, 0.25) is 0 Å². The van der Waals surface area contributed by atoms with Gasteiger partial charge in [-0.25, -0.2) is 14.2 Å². The Kier molecular flexibility index (Phi) is 4.47. The van der Waals surface area contributed by atoms with E-state index in [9.17, 15) is 8.78 Å². The molecule has 2 rings (SSSR count). The molecule has 0 spiro atoms. The molecular formula is C16H18F2N2. The van der Waals surface area contributed by atoms with Crippen LogP contribution in [0.15, 0.2) is 42.5 Å². The average Bonchev–Trinajstić information content (AvgIpc) is 2.43. The molecule has 20 heavy (non-hydrogen) atoms. The van der Waals surface area contributed by atoms with Gasteiger partial charge in [-0.05, 0) is 29.2 Å². The van der Waals surface area contributed by atoms with E-state index in [1.807, 2.05) is 24.3 Å². The number of hydrogen-bond acceptors (Lipinski definition) is 2. The van der Waals surface area contributed by atoms with Gasteiger partial charge in [0.25, 0.3) is 0 Å². The van der Waals surface area contributed by atoms with Gasteiger partial charge in [0, 0.05) is 5.56 Å². The van der Waals surface area contributed by atoms with Crippen molar-refractivity contribution in [1.82, 2.24) is 5.43 Å². The molecule has 0 bridgehead atoms. The molecule has 2 nitrogen and oxygen atoms in total. The van der Waals surface area contributed by atoms with E-state index < -0.39 is 17.7 Å². The van der Waals surface area contributed by atoms with Crippen LogP contribution in [0.3, 0.4) is 0 Å². The summed E-state index contributed by atoms with van der Waals surface area (Å²) in [7, 11) is 0. The van der Waals surface area contributed by atoms with E-state index in [0.717, 1.165) is 5.56 Å². The molecule has 0 fully saturated rings. The second-order valence-corrected chi connectivity index (χ2v) is 5.06. The number of benzene rings is 2. The minimum atomic E-state index is -0.711. The molecule has 0 radical (unpaired) electrons. The van der Waals surface area contributed by atoms with E-state index >= 15 is 0 Å². The number of nitrogens with one attached hydrogen (secondary N) is 1. The van der Waals surface area contributed by atoms with Crippen molar-refractivity contribution in [3.63, 3.8) is 0 Å². The molecule has 1 unspecified atom stereocenters. The van der Waals surface area contributed by atoms with E-state index in [1.54, 1.807) is 0 Å². The lowest BCUT2D eigenvalue weighted by atomic mass is 9.95. The highest BCUT2D eigenvalue weighted by Gasteiger charge is 2.20. The van der Waals surface area contributed by atoms with Crippen LogP contribution in [0.4, 0.5) is 8.78 Å². The predicted molar refractivity (Wildman–Crippen MR) is 76.1 cm³/mol. The highest BCUT2D eigenvalue weighted by molar-refractivity contribution is 5.35. The van der Waals surface area contributed by atoms with Crippen molar-refractivity contribution in [3.05, 3.63) is 70.8 Å². The third-order valence-corrected chi connectivity index (χ3v) is 3.39. The summed E-state index contributed by atoms with van der Waals surface area (Å²) in [5.74, 6) is 4.67. The third kappa shape index (κ3) is 2.86. The molecule has 0 saturated carbocycles. The zero-order valence-electron chi connectivity index (χ0n) is 11.5. The quantitative estimate of drug-likeness (QED) is 0.661. The molecule has 0 saturated heterocycles. The van der Waals surface area contributed by atoms with E-state index in [-0.39, 0.29) is 5.56 Å². The van der Waals surface area contributed by atoms with Crippen molar-refractivity contribution < 1.29 is 8.78 Å². The number of nitrogens with two attached hydrogens (primary N) is 1. The maximum atomic E-state index is 13.8. The van der Waals surface area contributed by atoms with Crippen molar-refractivity contribution in [2.24, 2.45) is 5.84 Å². The van der Waals surface area contributed by atoms with Crippen LogP contribution in [0, 0.1) is 11.6 Å². The molecule has 4 heteroatoms. The fourth-order valence-electron chi connectivity index (χ4n) is 2.21. The van der Waals surface area contributed by atoms with Crippen LogP contribution >= 0.6 is 0 Å². The second-order valence-electron chi connectivity index (χ2n) is 5.06. The van der Waals surface area contributed by atoms with Crippen molar-refractivity contribution in [2.45, 2.75) is 25.8 Å². The summed E-state index contributed by atoms with van der Waals surface area (Å²) >= 11 is 0. The molecule has 3 N–H and O–H groups in total. The second kappa shape index (κ2) is 6.11. The monoisotopic (exact) mass is 276 g/mol. The lowest BCUT2D eigenvalue weighted by molar-refractivity contribution is 0.510. The molecular weight excluding hydrogens is 258 g/mol. The molecule has 1 atom stereocenters. The smallest absolute Gasteiger partial charge is 0.131 e. The fourth-order valence-corrected chi connectivity index (χ4v) is 2.21. The van der Waals surface area contributed by atoms with Gasteiger partial charge < -0.3 is 0 Å². The van der Waals surface area contributed by atoms with Crippen LogP contribution in [-0.4, -0.2) is 0 Å². The van der Waals surface area contributed by atoms with Gasteiger partial charge in [0.05, 0.1) is 6.04 Å². The first-order valence-corrected chi connectivity index (χ1v) is 6.54. The summed E-state index contributed by atoms with van der Waals surface area (Å²) in [6.07, 6.45) is 0. The number of halogens is 2. The van der Waals surface area contributed by atoms with Crippen LogP contribution in [-0.2, 0) is 0 Å². The first kappa shape index (κ1) is 14.6. The van der Waals surface area contributed by atoms with E-state index in [4.69, 9.17) is 5.84 Å². The Hall–Kier alpha value is -1.78. The lowest BCUT2D eigenvalue weighted by Gasteiger charge is -2.19. The molecule has 0 aromatic heterocycles. The molecule has 0 heterocycles. The Balaban J connectivity index is 2.42. The largest absolute Gasteiger partial charge is 0.271 e. The van der Waals surface area contributed by atoms with Crippen LogP contribution in [0.2, 0.25) is 0 Å². The standard InChI is InChI=1S/C16H18F2N2/c1-10(2)11-6-8-12(9-7-11)16(20-19)15-13(17)4-3-5-14(15)18/h3-10,16,20H,19H2,1-2H3. The van der Waals surface area contributed by atoms with Gasteiger partial charge in [-0.1, -0.05) is 44.2 Å². The van der Waals surface area contributed by atoms with Gasteiger partial charge in [0.1, 0.15) is 11.6 Å². The van der Waals surface area contributed by atoms with E-state index in [1.165, 1.54) is 23.8 Å². The summed E-state index contributed by atoms with van der Waals surface area (Å²) in [4.78, 5) is 0. The first-order valence-electron chi connectivity index (χ1n) is 6.54. The number of hydrogen-bond donors (Lipinski definition) is 2. The van der Waals surface area contributed by atoms with Gasteiger partial charge in [0.15, 0.2) is 0 Å². The Morgan fingerprint density at radius 2 is 1.40 bits per heavy atom. The van der Waals surface area contributed by atoms with Gasteiger partial charge >= 0.3 is 0 Å². The molecule has 0 amide bonds. The van der Waals surface area contributed by atoms with E-state index in [2.05, 4.69) is 19.3 Å². The number of hydrazine groups is 1. The molecule has 2 aromatic rings. The minimum Gasteiger partial charge on any atom is -0.271 e. The molecule has 2 aromatic carbocycles. The van der Waals surface area contributed by atoms with Crippen molar-refractivity contribution in [3.8, 4) is 0 Å². The molecule has 0 aliphatic heterocycles. The zero-order valence-corrected chi connectivity index (χ0v) is 11.5. The topological polar surface area (TPSA) is 38.0 Å². The van der Waals surface area contributed by atoms with Crippen LogP contribution in [0.1, 0.15) is 42.5 Å². The summed E-state index contributed by atoms with van der Waals surface area (Å²) in [6, 6.07) is 10.7. The Morgan fingerprint density at radius 3 is 1.85 bits per heavy atom. The molecule has 0 aliphatic carbocycles. The highest BCUT2D eigenvalue weighted by Crippen LogP contribution is 2.27. The zero-order chi connectivity index (χ0) is 14.7. The average molecular weight is 276 g/mol. The maximum absolute atomic E-state index is 13.8. The number of rotatable bonds is 4. The molecule has 0 aliphatic rings. The summed E-state index contributed by atoms with van der Waals surface area (Å²) in [5.41, 5.74) is 4.31. The van der Waals surface area contributed by atoms with Gasteiger partial charge in [-0.15, -0.1) is 0 Å². The van der Waals surface area contributed by atoms with Crippen molar-refractivity contribution in [1.29, 1.82) is 0 Å². The van der Waals surface area contributed by atoms with Crippen LogP contribution < -0.4 is 11.3 Å². The lowest BCUT2D eigenvalue weighted by Crippen LogP contribution is -2.30. The van der Waals surface area contributed by atoms with E-state index in [0.29, 0.717) is 5.92 Å².